The highest BCUT2D eigenvalue weighted by molar-refractivity contribution is 5.50. The molecule has 2 aliphatic heterocycles. The van der Waals surface area contributed by atoms with E-state index in [1.54, 1.807) is 7.11 Å². The van der Waals surface area contributed by atoms with E-state index < -0.39 is 0 Å². The molecule has 3 N–H and O–H groups in total. The van der Waals surface area contributed by atoms with Crippen molar-refractivity contribution in [3.8, 4) is 11.5 Å². The fourth-order valence-electron chi connectivity index (χ4n) is 4.57. The van der Waals surface area contributed by atoms with E-state index in [9.17, 15) is 0 Å². The lowest BCUT2D eigenvalue weighted by molar-refractivity contribution is 0.108. The molecule has 3 heterocycles. The summed E-state index contributed by atoms with van der Waals surface area (Å²) < 4.78 is 11.2. The Morgan fingerprint density at radius 3 is 2.89 bits per heavy atom. The normalized spacial score (nSPS) is 24.4. The van der Waals surface area contributed by atoms with Crippen LogP contribution < -0.4 is 15.2 Å². The van der Waals surface area contributed by atoms with E-state index in [4.69, 9.17) is 20.3 Å². The van der Waals surface area contributed by atoms with Crippen LogP contribution in [0.15, 0.2) is 30.5 Å². The van der Waals surface area contributed by atoms with Crippen molar-refractivity contribution in [3.05, 3.63) is 52.8 Å². The summed E-state index contributed by atoms with van der Waals surface area (Å²) in [6.45, 7) is 4.27. The summed E-state index contributed by atoms with van der Waals surface area (Å²) in [6.07, 6.45) is 3.75. The van der Waals surface area contributed by atoms with Gasteiger partial charge in [-0.05, 0) is 60.7 Å². The van der Waals surface area contributed by atoms with Crippen LogP contribution in [-0.2, 0) is 6.42 Å². The first kappa shape index (κ1) is 19.2. The van der Waals surface area contributed by atoms with E-state index in [0.717, 1.165) is 31.6 Å². The molecule has 6 nitrogen and oxygen atoms in total. The van der Waals surface area contributed by atoms with Crippen molar-refractivity contribution >= 4 is 0 Å². The fourth-order valence-corrected chi connectivity index (χ4v) is 4.57. The van der Waals surface area contributed by atoms with Gasteiger partial charge < -0.3 is 20.3 Å². The van der Waals surface area contributed by atoms with Gasteiger partial charge in [-0.1, -0.05) is 0 Å². The maximum absolute atomic E-state index is 9.06. The third-order valence-corrected chi connectivity index (χ3v) is 6.00. The van der Waals surface area contributed by atoms with Crippen LogP contribution in [0.2, 0.25) is 0 Å². The molecule has 1 saturated heterocycles. The van der Waals surface area contributed by atoms with Gasteiger partial charge in [0.1, 0.15) is 6.61 Å². The molecule has 1 aromatic heterocycles. The van der Waals surface area contributed by atoms with Crippen LogP contribution >= 0.6 is 0 Å². The van der Waals surface area contributed by atoms with Crippen molar-refractivity contribution < 1.29 is 14.6 Å². The first-order chi connectivity index (χ1) is 13.6. The average molecular weight is 383 g/mol. The third-order valence-electron chi connectivity index (χ3n) is 6.00. The van der Waals surface area contributed by atoms with Crippen molar-refractivity contribution in [3.63, 3.8) is 0 Å². The highest BCUT2D eigenvalue weighted by Crippen LogP contribution is 2.44. The Morgan fingerprint density at radius 2 is 2.14 bits per heavy atom. The molecule has 4 rings (SSSR count). The maximum atomic E-state index is 9.06. The molecule has 0 unspecified atom stereocenters. The molecular weight excluding hydrogens is 354 g/mol. The second kappa shape index (κ2) is 8.07. The lowest BCUT2D eigenvalue weighted by Crippen LogP contribution is -2.50. The number of pyridine rings is 1. The predicted molar refractivity (Wildman–Crippen MR) is 108 cm³/mol. The number of nitrogens with zero attached hydrogens (tertiary/aromatic N) is 2. The highest BCUT2D eigenvalue weighted by atomic mass is 16.5. The summed E-state index contributed by atoms with van der Waals surface area (Å²) >= 11 is 0. The van der Waals surface area contributed by atoms with Gasteiger partial charge in [0, 0.05) is 43.0 Å². The number of rotatable bonds is 5. The lowest BCUT2D eigenvalue weighted by atomic mass is 9.79. The van der Waals surface area contributed by atoms with Gasteiger partial charge in [-0.3, -0.25) is 9.88 Å². The van der Waals surface area contributed by atoms with Crippen molar-refractivity contribution in [1.29, 1.82) is 0 Å². The lowest BCUT2D eigenvalue weighted by Gasteiger charge is -2.46. The second-order valence-corrected chi connectivity index (χ2v) is 7.80. The number of ether oxygens (including phenoxy) is 2. The van der Waals surface area contributed by atoms with Crippen molar-refractivity contribution in [2.45, 2.75) is 37.8 Å². The summed E-state index contributed by atoms with van der Waals surface area (Å²) in [7, 11) is 1.65. The minimum Gasteiger partial charge on any atom is -0.493 e. The zero-order valence-electron chi connectivity index (χ0n) is 16.6. The summed E-state index contributed by atoms with van der Waals surface area (Å²) in [5, 5.41) is 9.06. The first-order valence-electron chi connectivity index (χ1n) is 9.97. The number of aromatic nitrogens is 1. The van der Waals surface area contributed by atoms with Gasteiger partial charge in [0.25, 0.3) is 0 Å². The quantitative estimate of drug-likeness (QED) is 0.824. The zero-order chi connectivity index (χ0) is 19.7. The molecule has 0 spiro atoms. The van der Waals surface area contributed by atoms with E-state index in [1.165, 1.54) is 16.7 Å². The topological polar surface area (TPSA) is 80.8 Å². The van der Waals surface area contributed by atoms with Crippen LogP contribution in [0.3, 0.4) is 0 Å². The molecule has 0 bridgehead atoms. The molecule has 0 amide bonds. The number of hydrogen-bond acceptors (Lipinski definition) is 6. The van der Waals surface area contributed by atoms with Gasteiger partial charge >= 0.3 is 0 Å². The third kappa shape index (κ3) is 3.60. The number of fused-ring (bicyclic) bond motifs is 3. The average Bonchev–Trinajstić information content (AvgIpc) is 2.71. The van der Waals surface area contributed by atoms with Gasteiger partial charge in [-0.15, -0.1) is 0 Å². The Bertz CT molecular complexity index is 842. The number of benzene rings is 1. The Balaban J connectivity index is 1.61. The van der Waals surface area contributed by atoms with Gasteiger partial charge in [-0.25, -0.2) is 0 Å². The monoisotopic (exact) mass is 383 g/mol. The van der Waals surface area contributed by atoms with Crippen LogP contribution in [0.4, 0.5) is 0 Å². The van der Waals surface area contributed by atoms with Crippen molar-refractivity contribution in [1.82, 2.24) is 9.88 Å². The van der Waals surface area contributed by atoms with E-state index in [1.807, 2.05) is 12.3 Å². The summed E-state index contributed by atoms with van der Waals surface area (Å²) in [5.41, 5.74) is 11.5. The van der Waals surface area contributed by atoms with Crippen LogP contribution in [0.25, 0.3) is 0 Å². The Hall–Kier alpha value is -2.15. The fraction of sp³-hybridized carbons (Fsp3) is 0.500. The number of aliphatic hydroxyl groups excluding tert-OH is 1. The van der Waals surface area contributed by atoms with Gasteiger partial charge in [0.2, 0.25) is 0 Å². The molecule has 0 aliphatic carbocycles. The van der Waals surface area contributed by atoms with Gasteiger partial charge in [0.05, 0.1) is 13.7 Å². The van der Waals surface area contributed by atoms with Gasteiger partial charge in [0.15, 0.2) is 11.5 Å². The smallest absolute Gasteiger partial charge is 0.161 e. The number of nitrogens with two attached hydrogens (primary N) is 1. The maximum Gasteiger partial charge on any atom is 0.161 e. The van der Waals surface area contributed by atoms with Crippen LogP contribution in [0.5, 0.6) is 11.5 Å². The molecule has 1 fully saturated rings. The molecule has 28 heavy (non-hydrogen) atoms. The van der Waals surface area contributed by atoms with Gasteiger partial charge in [-0.2, -0.15) is 0 Å². The number of methoxy groups -OCH3 is 1. The summed E-state index contributed by atoms with van der Waals surface area (Å²) in [6, 6.07) is 8.72. The van der Waals surface area contributed by atoms with E-state index in [-0.39, 0.29) is 25.2 Å². The van der Waals surface area contributed by atoms with Crippen LogP contribution in [-0.4, -0.2) is 54.4 Å². The number of aliphatic hydroxyl groups is 1. The van der Waals surface area contributed by atoms with Crippen LogP contribution in [0, 0.1) is 6.92 Å². The Morgan fingerprint density at radius 1 is 1.29 bits per heavy atom. The zero-order valence-corrected chi connectivity index (χ0v) is 16.6. The number of aryl methyl sites for hydroxylation is 1. The minimum absolute atomic E-state index is 0.0140. The summed E-state index contributed by atoms with van der Waals surface area (Å²) in [5.74, 6) is 1.67. The number of piperidine rings is 1. The van der Waals surface area contributed by atoms with Crippen molar-refractivity contribution in [2.75, 3.05) is 33.4 Å². The molecule has 0 saturated carbocycles. The van der Waals surface area contributed by atoms with Crippen LogP contribution in [0.1, 0.15) is 40.8 Å². The second-order valence-electron chi connectivity index (χ2n) is 7.80. The molecule has 6 heteroatoms. The molecule has 2 aromatic rings. The number of hydrogen-bond donors (Lipinski definition) is 2. The predicted octanol–water partition coefficient (Wildman–Crippen LogP) is 2.18. The molecule has 1 aromatic carbocycles. The largest absolute Gasteiger partial charge is 0.493 e. The highest BCUT2D eigenvalue weighted by Gasteiger charge is 2.39. The summed E-state index contributed by atoms with van der Waals surface area (Å²) in [4.78, 5) is 7.14. The van der Waals surface area contributed by atoms with E-state index >= 15 is 0 Å². The molecule has 0 radical (unpaired) electrons. The first-order valence-corrected chi connectivity index (χ1v) is 9.97. The van der Waals surface area contributed by atoms with Crippen molar-refractivity contribution in [2.24, 2.45) is 5.73 Å². The molecule has 3 atom stereocenters. The standard InChI is InChI=1S/C22H29N3O3/c1-14-3-5-24-19(9-14)17-13-25-6-4-15-10-22(28-8-7-26)21(27-2)11-16(15)20(25)12-18(17)23/h3,5,9-11,17-18,20,26H,4,6-8,12-13,23H2,1-2H3/t17-,18-,20-/m1/s1. The Labute approximate surface area is 166 Å². The Kier molecular flexibility index (Phi) is 5.53. The molecule has 150 valence electrons. The van der Waals surface area contributed by atoms with E-state index in [2.05, 4.69) is 35.0 Å². The minimum atomic E-state index is -0.0140. The molecular formula is C22H29N3O3. The van der Waals surface area contributed by atoms with E-state index in [0.29, 0.717) is 17.5 Å². The SMILES string of the molecule is COc1cc2c(cc1OCCO)CCN1C[C@@H](c3cc(C)ccn3)[C@H](N)C[C@H]21. The molecule has 2 aliphatic rings.